The molecule has 0 aromatic carbocycles. The van der Waals surface area contributed by atoms with Crippen LogP contribution in [0.4, 0.5) is 0 Å². The summed E-state index contributed by atoms with van der Waals surface area (Å²) in [6.07, 6.45) is 1.79. The highest BCUT2D eigenvalue weighted by Gasteiger charge is 2.11. The van der Waals surface area contributed by atoms with Crippen molar-refractivity contribution < 1.29 is 0 Å². The molecule has 0 saturated heterocycles. The zero-order valence-corrected chi connectivity index (χ0v) is 7.87. The normalized spacial score (nSPS) is 14.8. The van der Waals surface area contributed by atoms with E-state index in [2.05, 4.69) is 27.4 Å². The minimum atomic E-state index is 0.143. The maximum Gasteiger partial charge on any atom is 0.0313 e. The summed E-state index contributed by atoms with van der Waals surface area (Å²) >= 11 is 1.87. The minimum Gasteiger partial charge on any atom is -0.324 e. The van der Waals surface area contributed by atoms with Crippen LogP contribution in [0, 0.1) is 0 Å². The van der Waals surface area contributed by atoms with E-state index in [1.807, 2.05) is 11.8 Å². The maximum absolute atomic E-state index is 5.64. The van der Waals surface area contributed by atoms with Gasteiger partial charge >= 0.3 is 0 Å². The molecule has 0 heterocycles. The summed E-state index contributed by atoms with van der Waals surface area (Å²) in [4.78, 5) is 0. The third-order valence-electron chi connectivity index (χ3n) is 1.01. The summed E-state index contributed by atoms with van der Waals surface area (Å²) in [6.45, 7) is 10.2. The number of hydrogen-bond acceptors (Lipinski definition) is 2. The lowest BCUT2D eigenvalue weighted by Crippen LogP contribution is -2.22. The minimum absolute atomic E-state index is 0.143. The average molecular weight is 159 g/mol. The van der Waals surface area contributed by atoms with E-state index >= 15 is 0 Å². The van der Waals surface area contributed by atoms with Crippen molar-refractivity contribution in [3.05, 3.63) is 12.7 Å². The SMILES string of the molecule is C=CC(N)CSC(C)(C)C. The molecule has 0 fully saturated rings. The number of hydrogen-bond donors (Lipinski definition) is 1. The van der Waals surface area contributed by atoms with E-state index in [0.29, 0.717) is 4.75 Å². The van der Waals surface area contributed by atoms with E-state index in [4.69, 9.17) is 5.73 Å². The van der Waals surface area contributed by atoms with Gasteiger partial charge < -0.3 is 5.73 Å². The molecular weight excluding hydrogens is 142 g/mol. The van der Waals surface area contributed by atoms with Gasteiger partial charge in [0.2, 0.25) is 0 Å². The molecule has 0 bridgehead atoms. The van der Waals surface area contributed by atoms with Gasteiger partial charge in [-0.25, -0.2) is 0 Å². The van der Waals surface area contributed by atoms with Gasteiger partial charge in [-0.15, -0.1) is 6.58 Å². The standard InChI is InChI=1S/C8H17NS/c1-5-7(9)6-10-8(2,3)4/h5,7H,1,6,9H2,2-4H3. The highest BCUT2D eigenvalue weighted by Crippen LogP contribution is 2.23. The lowest BCUT2D eigenvalue weighted by atomic mass is 10.3. The lowest BCUT2D eigenvalue weighted by Gasteiger charge is -2.18. The van der Waals surface area contributed by atoms with E-state index in [1.54, 1.807) is 6.08 Å². The molecule has 2 N–H and O–H groups in total. The fourth-order valence-corrected chi connectivity index (χ4v) is 1.24. The molecule has 0 amide bonds. The molecule has 1 unspecified atom stereocenters. The quantitative estimate of drug-likeness (QED) is 0.638. The fraction of sp³-hybridized carbons (Fsp3) is 0.750. The molecule has 0 aromatic rings. The van der Waals surface area contributed by atoms with Crippen LogP contribution >= 0.6 is 11.8 Å². The monoisotopic (exact) mass is 159 g/mol. The van der Waals surface area contributed by atoms with E-state index in [-0.39, 0.29) is 6.04 Å². The predicted octanol–water partition coefficient (Wildman–Crippen LogP) is 2.03. The Morgan fingerprint density at radius 1 is 1.60 bits per heavy atom. The Bertz CT molecular complexity index is 104. The van der Waals surface area contributed by atoms with Crippen LogP contribution in [0.2, 0.25) is 0 Å². The smallest absolute Gasteiger partial charge is 0.0313 e. The molecule has 0 aliphatic carbocycles. The Hall–Kier alpha value is 0.0500. The molecule has 60 valence electrons. The number of nitrogens with two attached hydrogens (primary N) is 1. The largest absolute Gasteiger partial charge is 0.324 e. The highest BCUT2D eigenvalue weighted by atomic mass is 32.2. The van der Waals surface area contributed by atoms with Crippen molar-refractivity contribution in [3.63, 3.8) is 0 Å². The summed E-state index contributed by atoms with van der Waals surface area (Å²) in [6, 6.07) is 0.143. The van der Waals surface area contributed by atoms with Gasteiger partial charge in [-0.1, -0.05) is 26.8 Å². The molecule has 0 aliphatic heterocycles. The highest BCUT2D eigenvalue weighted by molar-refractivity contribution is 8.00. The third-order valence-corrected chi connectivity index (χ3v) is 2.43. The zero-order valence-electron chi connectivity index (χ0n) is 7.05. The van der Waals surface area contributed by atoms with Gasteiger partial charge in [0.25, 0.3) is 0 Å². The average Bonchev–Trinajstić information content (AvgIpc) is 1.81. The van der Waals surface area contributed by atoms with Crippen LogP contribution in [0.5, 0.6) is 0 Å². The van der Waals surface area contributed by atoms with Crippen LogP contribution in [0.3, 0.4) is 0 Å². The Morgan fingerprint density at radius 3 is 2.40 bits per heavy atom. The Kier molecular flexibility index (Phi) is 4.06. The van der Waals surface area contributed by atoms with Gasteiger partial charge in [0.05, 0.1) is 0 Å². The molecule has 0 rings (SSSR count). The van der Waals surface area contributed by atoms with Gasteiger partial charge in [0.1, 0.15) is 0 Å². The maximum atomic E-state index is 5.64. The summed E-state index contributed by atoms with van der Waals surface area (Å²) in [5.74, 6) is 0.965. The summed E-state index contributed by atoms with van der Waals surface area (Å²) < 4.78 is 0.320. The molecule has 1 nitrogen and oxygen atoms in total. The topological polar surface area (TPSA) is 26.0 Å². The first-order valence-corrected chi connectivity index (χ1v) is 4.46. The summed E-state index contributed by atoms with van der Waals surface area (Å²) in [5.41, 5.74) is 5.64. The van der Waals surface area contributed by atoms with Gasteiger partial charge in [-0.05, 0) is 0 Å². The van der Waals surface area contributed by atoms with Crippen LogP contribution in [0.25, 0.3) is 0 Å². The molecular formula is C8H17NS. The van der Waals surface area contributed by atoms with E-state index in [0.717, 1.165) is 5.75 Å². The van der Waals surface area contributed by atoms with Gasteiger partial charge in [-0.2, -0.15) is 11.8 Å². The van der Waals surface area contributed by atoms with Crippen molar-refractivity contribution in [1.29, 1.82) is 0 Å². The fourth-order valence-electron chi connectivity index (χ4n) is 0.414. The van der Waals surface area contributed by atoms with Crippen LogP contribution in [0.1, 0.15) is 20.8 Å². The van der Waals surface area contributed by atoms with Crippen molar-refractivity contribution in [2.45, 2.75) is 31.6 Å². The van der Waals surface area contributed by atoms with Crippen LogP contribution in [-0.2, 0) is 0 Å². The second-order valence-corrected chi connectivity index (χ2v) is 5.17. The lowest BCUT2D eigenvalue weighted by molar-refractivity contribution is 0.796. The van der Waals surface area contributed by atoms with E-state index in [9.17, 15) is 0 Å². The van der Waals surface area contributed by atoms with Crippen LogP contribution in [0.15, 0.2) is 12.7 Å². The zero-order chi connectivity index (χ0) is 8.20. The molecule has 0 aliphatic rings. The van der Waals surface area contributed by atoms with E-state index in [1.165, 1.54) is 0 Å². The Morgan fingerprint density at radius 2 is 2.10 bits per heavy atom. The van der Waals surface area contributed by atoms with Crippen molar-refractivity contribution in [1.82, 2.24) is 0 Å². The number of rotatable bonds is 3. The Labute approximate surface area is 68.1 Å². The van der Waals surface area contributed by atoms with Crippen molar-refractivity contribution in [2.75, 3.05) is 5.75 Å². The molecule has 2 heteroatoms. The van der Waals surface area contributed by atoms with Crippen LogP contribution < -0.4 is 5.73 Å². The molecule has 10 heavy (non-hydrogen) atoms. The van der Waals surface area contributed by atoms with Crippen LogP contribution in [-0.4, -0.2) is 16.5 Å². The first-order chi connectivity index (χ1) is 4.45. The Balaban J connectivity index is 3.45. The first-order valence-electron chi connectivity index (χ1n) is 3.48. The van der Waals surface area contributed by atoms with Gasteiger partial charge in [0.15, 0.2) is 0 Å². The summed E-state index contributed by atoms with van der Waals surface area (Å²) in [5, 5.41) is 0. The molecule has 0 aromatic heterocycles. The van der Waals surface area contributed by atoms with Crippen molar-refractivity contribution in [3.8, 4) is 0 Å². The first kappa shape index (κ1) is 10.0. The molecule has 0 spiro atoms. The summed E-state index contributed by atoms with van der Waals surface area (Å²) in [7, 11) is 0. The predicted molar refractivity (Wildman–Crippen MR) is 50.4 cm³/mol. The van der Waals surface area contributed by atoms with Crippen molar-refractivity contribution >= 4 is 11.8 Å². The molecule has 1 atom stereocenters. The second-order valence-electron chi connectivity index (χ2n) is 3.32. The van der Waals surface area contributed by atoms with E-state index < -0.39 is 0 Å². The molecule has 0 radical (unpaired) electrons. The second kappa shape index (κ2) is 4.04. The number of thioether (sulfide) groups is 1. The third kappa shape index (κ3) is 6.17. The van der Waals surface area contributed by atoms with Gasteiger partial charge in [-0.3, -0.25) is 0 Å². The molecule has 0 saturated carbocycles. The van der Waals surface area contributed by atoms with Gasteiger partial charge in [0, 0.05) is 16.5 Å². The van der Waals surface area contributed by atoms with Crippen molar-refractivity contribution in [2.24, 2.45) is 5.73 Å².